The second-order valence-electron chi connectivity index (χ2n) is 6.53. The van der Waals surface area contributed by atoms with Crippen LogP contribution in [-0.2, 0) is 0 Å². The molecule has 3 rings (SSSR count). The Labute approximate surface area is 142 Å². The molecule has 24 heavy (non-hydrogen) atoms. The van der Waals surface area contributed by atoms with Crippen molar-refractivity contribution in [3.8, 4) is 11.5 Å². The number of fused-ring (bicyclic) bond motifs is 1. The second-order valence-corrected chi connectivity index (χ2v) is 6.53. The zero-order valence-electron chi connectivity index (χ0n) is 14.5. The second kappa shape index (κ2) is 7.60. The molecule has 1 aliphatic carbocycles. The van der Waals surface area contributed by atoms with E-state index in [-0.39, 0.29) is 5.91 Å². The predicted octanol–water partition coefficient (Wildman–Crippen LogP) is 3.89. The first kappa shape index (κ1) is 16.7. The highest BCUT2D eigenvalue weighted by molar-refractivity contribution is 5.99. The third-order valence-corrected chi connectivity index (χ3v) is 4.92. The number of aromatic nitrogens is 1. The van der Waals surface area contributed by atoms with Gasteiger partial charge in [-0.2, -0.15) is 0 Å². The van der Waals surface area contributed by atoms with E-state index in [0.717, 1.165) is 29.8 Å². The summed E-state index contributed by atoms with van der Waals surface area (Å²) in [7, 11) is 3.23. The van der Waals surface area contributed by atoms with E-state index < -0.39 is 0 Å². The van der Waals surface area contributed by atoms with Crippen LogP contribution in [0.4, 0.5) is 0 Å². The van der Waals surface area contributed by atoms with Gasteiger partial charge in [0.15, 0.2) is 0 Å². The van der Waals surface area contributed by atoms with Gasteiger partial charge in [-0.05, 0) is 30.9 Å². The van der Waals surface area contributed by atoms with Crippen molar-refractivity contribution in [1.82, 2.24) is 10.3 Å². The quantitative estimate of drug-likeness (QED) is 0.757. The van der Waals surface area contributed by atoms with E-state index in [2.05, 4.69) is 10.3 Å². The Kier molecular flexibility index (Phi) is 5.28. The molecule has 2 aromatic rings. The SMILES string of the molecule is COc1cc(OC)c2[nH]c(C(=O)NCCCC3CCCC3)cc2c1. The molecule has 130 valence electrons. The highest BCUT2D eigenvalue weighted by Gasteiger charge is 2.16. The summed E-state index contributed by atoms with van der Waals surface area (Å²) in [6.07, 6.45) is 7.73. The molecule has 0 spiro atoms. The Morgan fingerprint density at radius 3 is 2.71 bits per heavy atom. The number of nitrogens with one attached hydrogen (secondary N) is 2. The van der Waals surface area contributed by atoms with E-state index >= 15 is 0 Å². The van der Waals surface area contributed by atoms with Crippen LogP contribution in [0, 0.1) is 5.92 Å². The van der Waals surface area contributed by atoms with Crippen molar-refractivity contribution in [1.29, 1.82) is 0 Å². The maximum atomic E-state index is 12.4. The number of hydrogen-bond donors (Lipinski definition) is 2. The van der Waals surface area contributed by atoms with Gasteiger partial charge < -0.3 is 19.8 Å². The molecule has 2 N–H and O–H groups in total. The van der Waals surface area contributed by atoms with Crippen LogP contribution in [0.1, 0.15) is 49.0 Å². The molecule has 0 saturated heterocycles. The minimum Gasteiger partial charge on any atom is -0.497 e. The zero-order chi connectivity index (χ0) is 16.9. The number of carbonyl (C=O) groups is 1. The maximum Gasteiger partial charge on any atom is 0.267 e. The largest absolute Gasteiger partial charge is 0.497 e. The van der Waals surface area contributed by atoms with Gasteiger partial charge in [-0.25, -0.2) is 0 Å². The Bertz CT molecular complexity index is 702. The van der Waals surface area contributed by atoms with Crippen molar-refractivity contribution < 1.29 is 14.3 Å². The number of ether oxygens (including phenoxy) is 2. The van der Waals surface area contributed by atoms with E-state index in [9.17, 15) is 4.79 Å². The van der Waals surface area contributed by atoms with Crippen LogP contribution in [0.25, 0.3) is 10.9 Å². The number of methoxy groups -OCH3 is 2. The summed E-state index contributed by atoms with van der Waals surface area (Å²) in [5, 5.41) is 3.91. The Morgan fingerprint density at radius 1 is 1.21 bits per heavy atom. The van der Waals surface area contributed by atoms with Crippen LogP contribution >= 0.6 is 0 Å². The Morgan fingerprint density at radius 2 is 2.00 bits per heavy atom. The van der Waals surface area contributed by atoms with Crippen LogP contribution < -0.4 is 14.8 Å². The van der Waals surface area contributed by atoms with Crippen molar-refractivity contribution in [3.05, 3.63) is 23.9 Å². The summed E-state index contributed by atoms with van der Waals surface area (Å²) in [5.74, 6) is 2.18. The van der Waals surface area contributed by atoms with E-state index in [1.165, 1.54) is 32.1 Å². The lowest BCUT2D eigenvalue weighted by atomic mass is 10.0. The minimum atomic E-state index is -0.0707. The third-order valence-electron chi connectivity index (χ3n) is 4.92. The first-order valence-electron chi connectivity index (χ1n) is 8.74. The summed E-state index contributed by atoms with van der Waals surface area (Å²) < 4.78 is 10.6. The first-order valence-corrected chi connectivity index (χ1v) is 8.74. The van der Waals surface area contributed by atoms with Crippen LogP contribution in [0.2, 0.25) is 0 Å². The van der Waals surface area contributed by atoms with E-state index in [0.29, 0.717) is 17.2 Å². The molecule has 0 unspecified atom stereocenters. The molecule has 0 atom stereocenters. The third kappa shape index (κ3) is 3.66. The smallest absolute Gasteiger partial charge is 0.267 e. The lowest BCUT2D eigenvalue weighted by molar-refractivity contribution is 0.0948. The molecule has 1 aliphatic rings. The first-order chi connectivity index (χ1) is 11.7. The summed E-state index contributed by atoms with van der Waals surface area (Å²) in [6.45, 7) is 0.727. The van der Waals surface area contributed by atoms with Gasteiger partial charge in [-0.3, -0.25) is 4.79 Å². The van der Waals surface area contributed by atoms with Gasteiger partial charge in [0, 0.05) is 18.0 Å². The molecule has 0 bridgehead atoms. The van der Waals surface area contributed by atoms with Crippen LogP contribution in [-0.4, -0.2) is 31.7 Å². The molecule has 1 fully saturated rings. The molecule has 1 amide bonds. The highest BCUT2D eigenvalue weighted by Crippen LogP contribution is 2.31. The van der Waals surface area contributed by atoms with E-state index in [1.807, 2.05) is 18.2 Å². The molecule has 1 heterocycles. The number of aromatic amines is 1. The van der Waals surface area contributed by atoms with Crippen LogP contribution in [0.3, 0.4) is 0 Å². The molecule has 1 aromatic carbocycles. The van der Waals surface area contributed by atoms with Crippen LogP contribution in [0.15, 0.2) is 18.2 Å². The average molecular weight is 330 g/mol. The lowest BCUT2D eigenvalue weighted by Crippen LogP contribution is -2.25. The molecule has 5 heteroatoms. The normalized spacial score (nSPS) is 14.9. The molecular formula is C19H26N2O3. The molecule has 0 aliphatic heterocycles. The van der Waals surface area contributed by atoms with Crippen molar-refractivity contribution in [2.75, 3.05) is 20.8 Å². The minimum absolute atomic E-state index is 0.0707. The summed E-state index contributed by atoms with van der Waals surface area (Å²) in [6, 6.07) is 5.54. The van der Waals surface area contributed by atoms with Crippen molar-refractivity contribution >= 4 is 16.8 Å². The molecular weight excluding hydrogens is 304 g/mol. The molecule has 1 saturated carbocycles. The monoisotopic (exact) mass is 330 g/mol. The van der Waals surface area contributed by atoms with Gasteiger partial charge in [0.1, 0.15) is 17.2 Å². The highest BCUT2D eigenvalue weighted by atomic mass is 16.5. The van der Waals surface area contributed by atoms with Gasteiger partial charge in [0.25, 0.3) is 5.91 Å². The number of benzene rings is 1. The summed E-state index contributed by atoms with van der Waals surface area (Å²) in [5.41, 5.74) is 1.37. The fourth-order valence-electron chi connectivity index (χ4n) is 3.57. The fraction of sp³-hybridized carbons (Fsp3) is 0.526. The van der Waals surface area contributed by atoms with Crippen molar-refractivity contribution in [3.63, 3.8) is 0 Å². The number of carbonyl (C=O) groups excluding carboxylic acids is 1. The Hall–Kier alpha value is -2.17. The fourth-order valence-corrected chi connectivity index (χ4v) is 3.57. The van der Waals surface area contributed by atoms with Gasteiger partial charge in [0.2, 0.25) is 0 Å². The number of hydrogen-bond acceptors (Lipinski definition) is 3. The number of amides is 1. The zero-order valence-corrected chi connectivity index (χ0v) is 14.5. The Balaban J connectivity index is 1.61. The summed E-state index contributed by atoms with van der Waals surface area (Å²) in [4.78, 5) is 15.5. The standard InChI is InChI=1S/C19H26N2O3/c1-23-15-10-14-11-16(21-18(14)17(12-15)24-2)19(22)20-9-5-8-13-6-3-4-7-13/h10-13,21H,3-9H2,1-2H3,(H,20,22). The average Bonchev–Trinajstić information content (AvgIpc) is 3.26. The number of rotatable bonds is 7. The maximum absolute atomic E-state index is 12.4. The van der Waals surface area contributed by atoms with Gasteiger partial charge in [0.05, 0.1) is 19.7 Å². The summed E-state index contributed by atoms with van der Waals surface area (Å²) >= 11 is 0. The van der Waals surface area contributed by atoms with E-state index in [4.69, 9.17) is 9.47 Å². The van der Waals surface area contributed by atoms with Crippen molar-refractivity contribution in [2.45, 2.75) is 38.5 Å². The van der Waals surface area contributed by atoms with Gasteiger partial charge in [-0.1, -0.05) is 25.7 Å². The number of H-pyrrole nitrogens is 1. The van der Waals surface area contributed by atoms with Crippen molar-refractivity contribution in [2.24, 2.45) is 5.92 Å². The predicted molar refractivity (Wildman–Crippen MR) is 94.9 cm³/mol. The van der Waals surface area contributed by atoms with Gasteiger partial charge >= 0.3 is 0 Å². The van der Waals surface area contributed by atoms with Gasteiger partial charge in [-0.15, -0.1) is 0 Å². The topological polar surface area (TPSA) is 63.4 Å². The van der Waals surface area contributed by atoms with Crippen LogP contribution in [0.5, 0.6) is 11.5 Å². The molecule has 0 radical (unpaired) electrons. The molecule has 5 nitrogen and oxygen atoms in total. The lowest BCUT2D eigenvalue weighted by Gasteiger charge is -2.08. The molecule has 1 aromatic heterocycles. The van der Waals surface area contributed by atoms with E-state index in [1.54, 1.807) is 14.2 Å².